The van der Waals surface area contributed by atoms with E-state index >= 15 is 0 Å². The average molecular weight is 707 g/mol. The Labute approximate surface area is 280 Å². The number of hydrogen-bond donors (Lipinski definition) is 1. The number of amides is 2. The van der Waals surface area contributed by atoms with Crippen molar-refractivity contribution in [1.29, 1.82) is 0 Å². The predicted molar refractivity (Wildman–Crippen MR) is 185 cm³/mol. The first kappa shape index (κ1) is 34.7. The summed E-state index contributed by atoms with van der Waals surface area (Å²) in [6, 6.07) is 29.0. The van der Waals surface area contributed by atoms with Gasteiger partial charge in [0.25, 0.3) is 10.0 Å². The van der Waals surface area contributed by atoms with Gasteiger partial charge in [-0.15, -0.1) is 0 Å². The first-order valence-corrected chi connectivity index (χ1v) is 17.4. The minimum absolute atomic E-state index is 0.0441. The van der Waals surface area contributed by atoms with Crippen LogP contribution in [0.2, 0.25) is 0 Å². The van der Waals surface area contributed by atoms with Gasteiger partial charge in [-0.1, -0.05) is 89.1 Å². The summed E-state index contributed by atoms with van der Waals surface area (Å²) in [7, 11) is -2.72. The first-order chi connectivity index (χ1) is 22.0. The van der Waals surface area contributed by atoms with Gasteiger partial charge in [-0.3, -0.25) is 13.9 Å². The van der Waals surface area contributed by atoms with Gasteiger partial charge < -0.3 is 15.0 Å². The zero-order valence-electron chi connectivity index (χ0n) is 26.5. The van der Waals surface area contributed by atoms with Crippen molar-refractivity contribution < 1.29 is 22.7 Å². The van der Waals surface area contributed by atoms with Gasteiger partial charge in [0.2, 0.25) is 11.8 Å². The number of sulfonamides is 1. The minimum Gasteiger partial charge on any atom is -0.497 e. The zero-order valence-corrected chi connectivity index (χ0v) is 28.9. The second-order valence-electron chi connectivity index (χ2n) is 11.2. The van der Waals surface area contributed by atoms with Crippen LogP contribution in [0.25, 0.3) is 0 Å². The van der Waals surface area contributed by atoms with Crippen LogP contribution in [0, 0.1) is 6.92 Å². The molecule has 0 aliphatic heterocycles. The number of anilines is 1. The topological polar surface area (TPSA) is 96.0 Å². The molecule has 46 heavy (non-hydrogen) atoms. The molecule has 10 heteroatoms. The highest BCUT2D eigenvalue weighted by Gasteiger charge is 2.35. The van der Waals surface area contributed by atoms with Gasteiger partial charge in [0.15, 0.2) is 0 Å². The molecule has 0 aliphatic carbocycles. The highest BCUT2D eigenvalue weighted by Crippen LogP contribution is 2.28. The van der Waals surface area contributed by atoms with E-state index in [1.165, 1.54) is 24.1 Å². The van der Waals surface area contributed by atoms with E-state index in [0.29, 0.717) is 12.2 Å². The van der Waals surface area contributed by atoms with Crippen molar-refractivity contribution in [2.24, 2.45) is 0 Å². The second kappa shape index (κ2) is 15.9. The van der Waals surface area contributed by atoms with Crippen LogP contribution in [-0.4, -0.2) is 50.9 Å². The molecule has 0 spiro atoms. The number of nitrogens with one attached hydrogen (secondary N) is 1. The summed E-state index contributed by atoms with van der Waals surface area (Å²) < 4.78 is 35.7. The minimum atomic E-state index is -4.21. The molecule has 0 fully saturated rings. The molecule has 4 aromatic rings. The van der Waals surface area contributed by atoms with Gasteiger partial charge in [-0.2, -0.15) is 0 Å². The fourth-order valence-corrected chi connectivity index (χ4v) is 6.81. The number of rotatable bonds is 14. The van der Waals surface area contributed by atoms with Crippen molar-refractivity contribution in [3.63, 3.8) is 0 Å². The Hall–Kier alpha value is -4.15. The van der Waals surface area contributed by atoms with Crippen molar-refractivity contribution >= 4 is 43.5 Å². The number of benzene rings is 4. The molecule has 0 bridgehead atoms. The van der Waals surface area contributed by atoms with Crippen LogP contribution in [0.1, 0.15) is 37.0 Å². The van der Waals surface area contributed by atoms with E-state index in [4.69, 9.17) is 4.74 Å². The molecule has 242 valence electrons. The molecule has 2 unspecified atom stereocenters. The molecule has 2 amide bonds. The molecule has 0 aliphatic rings. The molecule has 1 N–H and O–H groups in total. The van der Waals surface area contributed by atoms with E-state index in [9.17, 15) is 18.0 Å². The van der Waals surface area contributed by atoms with E-state index in [-0.39, 0.29) is 35.5 Å². The molecular formula is C36H40BrN3O5S. The number of halogens is 1. The van der Waals surface area contributed by atoms with Crippen molar-refractivity contribution in [2.75, 3.05) is 18.0 Å². The summed E-state index contributed by atoms with van der Waals surface area (Å²) in [6.45, 7) is 5.30. The Morgan fingerprint density at radius 2 is 1.57 bits per heavy atom. The Kier molecular flexibility index (Phi) is 12.0. The summed E-state index contributed by atoms with van der Waals surface area (Å²) in [5.74, 6) is -0.399. The maximum atomic E-state index is 14.6. The normalized spacial score (nSPS) is 12.5. The summed E-state index contributed by atoms with van der Waals surface area (Å²) in [6.07, 6.45) is 0.953. The van der Waals surface area contributed by atoms with E-state index in [1.54, 1.807) is 36.4 Å². The molecule has 0 radical (unpaired) electrons. The number of nitrogens with zero attached hydrogens (tertiary/aromatic N) is 2. The Bertz CT molecular complexity index is 1730. The second-order valence-corrected chi connectivity index (χ2v) is 14.0. The van der Waals surface area contributed by atoms with Crippen LogP contribution in [0.3, 0.4) is 0 Å². The quantitative estimate of drug-likeness (QED) is 0.161. The van der Waals surface area contributed by atoms with Crippen LogP contribution >= 0.6 is 15.9 Å². The smallest absolute Gasteiger partial charge is 0.264 e. The molecule has 0 aromatic heterocycles. The molecule has 2 atom stereocenters. The first-order valence-electron chi connectivity index (χ1n) is 15.1. The van der Waals surface area contributed by atoms with Gasteiger partial charge in [0.05, 0.1) is 17.7 Å². The zero-order chi connectivity index (χ0) is 33.3. The monoisotopic (exact) mass is 705 g/mol. The van der Waals surface area contributed by atoms with E-state index < -0.39 is 28.5 Å². The van der Waals surface area contributed by atoms with E-state index in [2.05, 4.69) is 21.2 Å². The Morgan fingerprint density at radius 3 is 2.22 bits per heavy atom. The highest BCUT2D eigenvalue weighted by atomic mass is 79.9. The summed E-state index contributed by atoms with van der Waals surface area (Å²) in [4.78, 5) is 30.1. The maximum Gasteiger partial charge on any atom is 0.264 e. The van der Waals surface area contributed by atoms with E-state index in [0.717, 1.165) is 25.5 Å². The molecule has 4 aromatic carbocycles. The van der Waals surface area contributed by atoms with Crippen molar-refractivity contribution in [2.45, 2.75) is 57.1 Å². The lowest BCUT2D eigenvalue weighted by Crippen LogP contribution is -2.54. The predicted octanol–water partition coefficient (Wildman–Crippen LogP) is 6.52. The van der Waals surface area contributed by atoms with Gasteiger partial charge in [-0.05, 0) is 67.8 Å². The van der Waals surface area contributed by atoms with Gasteiger partial charge >= 0.3 is 0 Å². The van der Waals surface area contributed by atoms with Crippen LogP contribution in [0.15, 0.2) is 112 Å². The maximum absolute atomic E-state index is 14.6. The number of aryl methyl sites for hydroxylation is 1. The standard InChI is InChI=1S/C36H40BrN3O5S/c1-5-27(3)38-36(42)34(22-28-11-7-6-8-12-28)39(24-29-13-9-14-30(37)21-29)35(41)25-40(31-15-10-16-32(23-31)45-4)46(43,44)33-19-17-26(2)18-20-33/h6-21,23,27,34H,5,22,24-25H2,1-4H3,(H,38,42). The number of ether oxygens (including phenoxy) is 1. The number of carbonyl (C=O) groups excluding carboxylic acids is 2. The lowest BCUT2D eigenvalue weighted by molar-refractivity contribution is -0.140. The fraction of sp³-hybridized carbons (Fsp3) is 0.278. The lowest BCUT2D eigenvalue weighted by Gasteiger charge is -2.34. The van der Waals surface area contributed by atoms with Crippen molar-refractivity contribution in [3.05, 3.63) is 124 Å². The third-order valence-electron chi connectivity index (χ3n) is 7.74. The van der Waals surface area contributed by atoms with Crippen LogP contribution in [-0.2, 0) is 32.6 Å². The largest absolute Gasteiger partial charge is 0.497 e. The molecular weight excluding hydrogens is 666 g/mol. The number of carbonyl (C=O) groups is 2. The third-order valence-corrected chi connectivity index (χ3v) is 10.0. The third kappa shape index (κ3) is 8.98. The van der Waals surface area contributed by atoms with Gasteiger partial charge in [0.1, 0.15) is 18.3 Å². The lowest BCUT2D eigenvalue weighted by atomic mass is 10.0. The SMILES string of the molecule is CCC(C)NC(=O)C(Cc1ccccc1)N(Cc1cccc(Br)c1)C(=O)CN(c1cccc(OC)c1)S(=O)(=O)c1ccc(C)cc1. The number of hydrogen-bond acceptors (Lipinski definition) is 5. The Morgan fingerprint density at radius 1 is 0.891 bits per heavy atom. The highest BCUT2D eigenvalue weighted by molar-refractivity contribution is 9.10. The van der Waals surface area contributed by atoms with Crippen LogP contribution in [0.5, 0.6) is 5.75 Å². The summed E-state index contributed by atoms with van der Waals surface area (Å²) >= 11 is 3.51. The molecule has 0 saturated heterocycles. The van der Waals surface area contributed by atoms with Crippen molar-refractivity contribution in [1.82, 2.24) is 10.2 Å². The average Bonchev–Trinajstić information content (AvgIpc) is 3.05. The van der Waals surface area contributed by atoms with E-state index in [1.807, 2.05) is 75.4 Å². The van der Waals surface area contributed by atoms with Gasteiger partial charge in [0, 0.05) is 29.5 Å². The van der Waals surface area contributed by atoms with Gasteiger partial charge in [-0.25, -0.2) is 8.42 Å². The molecule has 8 nitrogen and oxygen atoms in total. The molecule has 0 saturated carbocycles. The van der Waals surface area contributed by atoms with Crippen molar-refractivity contribution in [3.8, 4) is 5.75 Å². The number of methoxy groups -OCH3 is 1. The fourth-order valence-electron chi connectivity index (χ4n) is 4.96. The summed E-state index contributed by atoms with van der Waals surface area (Å²) in [5, 5.41) is 3.05. The Balaban J connectivity index is 1.82. The molecule has 0 heterocycles. The molecule has 4 rings (SSSR count). The van der Waals surface area contributed by atoms with Crippen LogP contribution < -0.4 is 14.4 Å². The summed E-state index contributed by atoms with van der Waals surface area (Å²) in [5.41, 5.74) is 2.82. The van der Waals surface area contributed by atoms with Crippen LogP contribution in [0.4, 0.5) is 5.69 Å².